The molecule has 3 nitrogen and oxygen atoms in total. The van der Waals surface area contributed by atoms with Crippen LogP contribution in [0.3, 0.4) is 0 Å². The van der Waals surface area contributed by atoms with Crippen LogP contribution in [0.4, 0.5) is 4.39 Å². The fourth-order valence-electron chi connectivity index (χ4n) is 1.94. The van der Waals surface area contributed by atoms with E-state index in [2.05, 4.69) is 11.8 Å². The standard InChI is InChI=1S/C16H24FNO2/c1-4-18(10-11-20-5-2)9-8-16(19)14-7-6-13(3)15(17)12-14/h6-7,12H,4-5,8-11H2,1-3H3. The van der Waals surface area contributed by atoms with E-state index in [1.807, 2.05) is 6.92 Å². The van der Waals surface area contributed by atoms with Crippen LogP contribution in [-0.4, -0.2) is 43.5 Å². The molecule has 0 atom stereocenters. The van der Waals surface area contributed by atoms with Crippen molar-refractivity contribution in [3.05, 3.63) is 35.1 Å². The summed E-state index contributed by atoms with van der Waals surface area (Å²) in [6, 6.07) is 4.67. The second-order valence-electron chi connectivity index (χ2n) is 4.77. The maximum absolute atomic E-state index is 13.4. The van der Waals surface area contributed by atoms with Crippen molar-refractivity contribution in [1.82, 2.24) is 4.90 Å². The number of hydrogen-bond acceptors (Lipinski definition) is 3. The Bertz CT molecular complexity index is 434. The summed E-state index contributed by atoms with van der Waals surface area (Å²) in [6.07, 6.45) is 0.405. The summed E-state index contributed by atoms with van der Waals surface area (Å²) >= 11 is 0. The second-order valence-corrected chi connectivity index (χ2v) is 4.77. The first-order valence-corrected chi connectivity index (χ1v) is 7.17. The normalized spacial score (nSPS) is 11.1. The fraction of sp³-hybridized carbons (Fsp3) is 0.562. The lowest BCUT2D eigenvalue weighted by Gasteiger charge is -2.19. The van der Waals surface area contributed by atoms with Gasteiger partial charge >= 0.3 is 0 Å². The molecule has 1 aromatic carbocycles. The number of carbonyl (C=O) groups is 1. The van der Waals surface area contributed by atoms with Gasteiger partial charge in [0.25, 0.3) is 0 Å². The minimum absolute atomic E-state index is 0.0150. The van der Waals surface area contributed by atoms with Crippen LogP contribution in [0.25, 0.3) is 0 Å². The Morgan fingerprint density at radius 3 is 2.65 bits per heavy atom. The molecule has 0 aliphatic heterocycles. The summed E-state index contributed by atoms with van der Waals surface area (Å²) in [6.45, 7) is 9.47. The van der Waals surface area contributed by atoms with Crippen molar-refractivity contribution < 1.29 is 13.9 Å². The van der Waals surface area contributed by atoms with Gasteiger partial charge in [-0.2, -0.15) is 0 Å². The highest BCUT2D eigenvalue weighted by atomic mass is 19.1. The first-order valence-electron chi connectivity index (χ1n) is 7.17. The zero-order valence-corrected chi connectivity index (χ0v) is 12.6. The molecule has 112 valence electrons. The molecule has 0 radical (unpaired) electrons. The largest absolute Gasteiger partial charge is 0.380 e. The molecule has 0 saturated carbocycles. The van der Waals surface area contributed by atoms with Crippen molar-refractivity contribution in [2.45, 2.75) is 27.2 Å². The molecule has 0 spiro atoms. The van der Waals surface area contributed by atoms with E-state index in [-0.39, 0.29) is 11.6 Å². The lowest BCUT2D eigenvalue weighted by molar-refractivity contribution is 0.0929. The fourth-order valence-corrected chi connectivity index (χ4v) is 1.94. The number of aryl methyl sites for hydroxylation is 1. The molecule has 0 N–H and O–H groups in total. The number of hydrogen-bond donors (Lipinski definition) is 0. The quantitative estimate of drug-likeness (QED) is 0.514. The molecule has 1 rings (SSSR count). The SMILES string of the molecule is CCOCCN(CC)CCC(=O)c1ccc(C)c(F)c1. The van der Waals surface area contributed by atoms with E-state index in [1.54, 1.807) is 19.1 Å². The predicted octanol–water partition coefficient (Wildman–Crippen LogP) is 3.07. The molecule has 0 bridgehead atoms. The highest BCUT2D eigenvalue weighted by Gasteiger charge is 2.10. The molecule has 0 saturated heterocycles. The minimum atomic E-state index is -0.320. The Hall–Kier alpha value is -1.26. The molecule has 4 heteroatoms. The third-order valence-electron chi connectivity index (χ3n) is 3.35. The molecule has 0 aliphatic carbocycles. The summed E-state index contributed by atoms with van der Waals surface area (Å²) < 4.78 is 18.7. The van der Waals surface area contributed by atoms with Gasteiger partial charge in [-0.25, -0.2) is 4.39 Å². The Kier molecular flexibility index (Phi) is 7.41. The molecule has 20 heavy (non-hydrogen) atoms. The van der Waals surface area contributed by atoms with Crippen LogP contribution in [0.15, 0.2) is 18.2 Å². The van der Waals surface area contributed by atoms with Crippen molar-refractivity contribution in [2.75, 3.05) is 32.8 Å². The summed E-state index contributed by atoms with van der Waals surface area (Å²) in [5.74, 6) is -0.335. The van der Waals surface area contributed by atoms with Crippen LogP contribution in [-0.2, 0) is 4.74 Å². The van der Waals surface area contributed by atoms with Gasteiger partial charge in [0.05, 0.1) is 6.61 Å². The molecular formula is C16H24FNO2. The average Bonchev–Trinajstić information content (AvgIpc) is 2.45. The topological polar surface area (TPSA) is 29.5 Å². The highest BCUT2D eigenvalue weighted by molar-refractivity contribution is 5.96. The molecular weight excluding hydrogens is 257 g/mol. The lowest BCUT2D eigenvalue weighted by atomic mass is 10.1. The molecule has 0 aliphatic rings. The Balaban J connectivity index is 2.46. The first kappa shape index (κ1) is 16.8. The summed E-state index contributed by atoms with van der Waals surface area (Å²) in [7, 11) is 0. The molecule has 0 amide bonds. The molecule has 1 aromatic rings. The van der Waals surface area contributed by atoms with Crippen molar-refractivity contribution in [1.29, 1.82) is 0 Å². The maximum Gasteiger partial charge on any atom is 0.164 e. The number of likely N-dealkylation sites (N-methyl/N-ethyl adjacent to an activating group) is 1. The van der Waals surface area contributed by atoms with E-state index in [0.717, 1.165) is 13.1 Å². The lowest BCUT2D eigenvalue weighted by Crippen LogP contribution is -2.29. The van der Waals surface area contributed by atoms with Gasteiger partial charge in [-0.3, -0.25) is 4.79 Å². The Morgan fingerprint density at radius 2 is 2.05 bits per heavy atom. The van der Waals surface area contributed by atoms with Crippen molar-refractivity contribution in [3.63, 3.8) is 0 Å². The van der Waals surface area contributed by atoms with Gasteiger partial charge in [0.2, 0.25) is 0 Å². The number of carbonyl (C=O) groups excluding carboxylic acids is 1. The predicted molar refractivity (Wildman–Crippen MR) is 78.7 cm³/mol. The van der Waals surface area contributed by atoms with E-state index >= 15 is 0 Å². The van der Waals surface area contributed by atoms with Crippen LogP contribution in [0.2, 0.25) is 0 Å². The number of rotatable bonds is 9. The van der Waals surface area contributed by atoms with Gasteiger partial charge < -0.3 is 9.64 Å². The Labute approximate surface area is 120 Å². The zero-order chi connectivity index (χ0) is 15.0. The van der Waals surface area contributed by atoms with Crippen LogP contribution in [0, 0.1) is 12.7 Å². The van der Waals surface area contributed by atoms with Crippen molar-refractivity contribution in [2.24, 2.45) is 0 Å². The van der Waals surface area contributed by atoms with Gasteiger partial charge in [0, 0.05) is 31.7 Å². The number of halogens is 1. The molecule has 0 aromatic heterocycles. The minimum Gasteiger partial charge on any atom is -0.380 e. The number of ketones is 1. The van der Waals surface area contributed by atoms with Gasteiger partial charge in [0.1, 0.15) is 5.82 Å². The van der Waals surface area contributed by atoms with Crippen molar-refractivity contribution in [3.8, 4) is 0 Å². The van der Waals surface area contributed by atoms with Crippen LogP contribution in [0.5, 0.6) is 0 Å². The summed E-state index contributed by atoms with van der Waals surface area (Å²) in [5, 5.41) is 0. The van der Waals surface area contributed by atoms with E-state index in [0.29, 0.717) is 37.3 Å². The highest BCUT2D eigenvalue weighted by Crippen LogP contribution is 2.11. The number of ether oxygens (including phenoxy) is 1. The molecule has 0 heterocycles. The van der Waals surface area contributed by atoms with Gasteiger partial charge in [-0.05, 0) is 32.0 Å². The number of nitrogens with zero attached hydrogens (tertiary/aromatic N) is 1. The van der Waals surface area contributed by atoms with Crippen LogP contribution >= 0.6 is 0 Å². The average molecular weight is 281 g/mol. The maximum atomic E-state index is 13.4. The third kappa shape index (κ3) is 5.39. The van der Waals surface area contributed by atoms with Gasteiger partial charge in [0.15, 0.2) is 5.78 Å². The number of benzene rings is 1. The smallest absolute Gasteiger partial charge is 0.164 e. The second kappa shape index (κ2) is 8.82. The summed E-state index contributed by atoms with van der Waals surface area (Å²) in [5.41, 5.74) is 1.02. The van der Waals surface area contributed by atoms with Gasteiger partial charge in [-0.15, -0.1) is 0 Å². The summed E-state index contributed by atoms with van der Waals surface area (Å²) in [4.78, 5) is 14.2. The number of Topliss-reactive ketones (excluding diaryl/α,β-unsaturated/α-hetero) is 1. The first-order chi connectivity index (χ1) is 9.58. The zero-order valence-electron chi connectivity index (χ0n) is 12.6. The van der Waals surface area contributed by atoms with Crippen LogP contribution in [0.1, 0.15) is 36.2 Å². The molecule has 0 fully saturated rings. The third-order valence-corrected chi connectivity index (χ3v) is 3.35. The Morgan fingerprint density at radius 1 is 1.30 bits per heavy atom. The van der Waals surface area contributed by atoms with Gasteiger partial charge in [-0.1, -0.05) is 19.1 Å². The monoisotopic (exact) mass is 281 g/mol. The van der Waals surface area contributed by atoms with E-state index in [1.165, 1.54) is 6.07 Å². The van der Waals surface area contributed by atoms with E-state index in [9.17, 15) is 9.18 Å². The van der Waals surface area contributed by atoms with Crippen molar-refractivity contribution >= 4 is 5.78 Å². The molecule has 0 unspecified atom stereocenters. The van der Waals surface area contributed by atoms with E-state index < -0.39 is 0 Å². The van der Waals surface area contributed by atoms with Crippen LogP contribution < -0.4 is 0 Å². The van der Waals surface area contributed by atoms with E-state index in [4.69, 9.17) is 4.74 Å².